The second kappa shape index (κ2) is 7.73. The second-order valence-electron chi connectivity index (χ2n) is 6.17. The molecule has 0 aliphatic rings. The van der Waals surface area contributed by atoms with Crippen molar-refractivity contribution >= 4 is 34.4 Å². The summed E-state index contributed by atoms with van der Waals surface area (Å²) in [5, 5.41) is 3.59. The molecule has 142 valence electrons. The summed E-state index contributed by atoms with van der Waals surface area (Å²) >= 11 is 6.34. The van der Waals surface area contributed by atoms with Crippen molar-refractivity contribution < 1.29 is 13.9 Å². The smallest absolute Gasteiger partial charge is 0.290 e. The summed E-state index contributed by atoms with van der Waals surface area (Å²) in [4.78, 5) is 20.9. The van der Waals surface area contributed by atoms with E-state index in [0.29, 0.717) is 39.9 Å². The van der Waals surface area contributed by atoms with Crippen molar-refractivity contribution in [1.29, 1.82) is 0 Å². The molecule has 0 radical (unpaired) electrons. The van der Waals surface area contributed by atoms with Gasteiger partial charge in [0.05, 0.1) is 17.1 Å². The molecule has 0 bridgehead atoms. The highest BCUT2D eigenvalue weighted by Gasteiger charge is 2.14. The Bertz CT molecular complexity index is 1010. The lowest BCUT2D eigenvalue weighted by Gasteiger charge is -2.06. The van der Waals surface area contributed by atoms with Gasteiger partial charge in [-0.1, -0.05) is 11.6 Å². The van der Waals surface area contributed by atoms with Gasteiger partial charge in [0.2, 0.25) is 0 Å². The Morgan fingerprint density at radius 3 is 2.85 bits per heavy atom. The number of amides is 1. The molecule has 4 N–H and O–H groups in total. The molecule has 0 fully saturated rings. The van der Waals surface area contributed by atoms with E-state index in [0.717, 1.165) is 5.76 Å². The van der Waals surface area contributed by atoms with E-state index in [1.165, 1.54) is 7.05 Å². The van der Waals surface area contributed by atoms with E-state index in [1.807, 2.05) is 25.1 Å². The zero-order valence-electron chi connectivity index (χ0n) is 15.2. The third-order valence-corrected chi connectivity index (χ3v) is 4.03. The number of H-pyrrole nitrogens is 1. The van der Waals surface area contributed by atoms with Crippen LogP contribution in [0, 0.1) is 0 Å². The van der Waals surface area contributed by atoms with Crippen LogP contribution >= 0.6 is 11.6 Å². The first-order chi connectivity index (χ1) is 12.9. The van der Waals surface area contributed by atoms with Crippen molar-refractivity contribution in [3.8, 4) is 11.7 Å². The number of benzene rings is 1. The fraction of sp³-hybridized carbons (Fsp3) is 0.222. The van der Waals surface area contributed by atoms with Gasteiger partial charge < -0.3 is 24.8 Å². The van der Waals surface area contributed by atoms with Crippen molar-refractivity contribution in [3.05, 3.63) is 46.8 Å². The van der Waals surface area contributed by atoms with Gasteiger partial charge in [-0.25, -0.2) is 0 Å². The number of nitrogens with zero attached hydrogens (tertiary/aromatic N) is 2. The van der Waals surface area contributed by atoms with Crippen LogP contribution in [0.1, 0.15) is 16.2 Å². The highest BCUT2D eigenvalue weighted by Crippen LogP contribution is 2.32. The standard InChI is InChI=1S/C18H20ClN5O3/c1-21-18(20)23-17(25)15-8-12-13(19)6-11(7-14(12)22-15)27-16-5-4-10(26-16)9-24(2)3/h4-8,22H,9H2,1-3H3,(H3,20,21,23,25). The molecule has 3 aromatic rings. The Balaban J connectivity index is 1.83. The van der Waals surface area contributed by atoms with E-state index >= 15 is 0 Å². The quantitative estimate of drug-likeness (QED) is 0.459. The third kappa shape index (κ3) is 4.42. The molecule has 0 aliphatic carbocycles. The Hall–Kier alpha value is -2.97. The van der Waals surface area contributed by atoms with Gasteiger partial charge in [0.25, 0.3) is 11.9 Å². The number of furan rings is 1. The molecular weight excluding hydrogens is 370 g/mol. The van der Waals surface area contributed by atoms with Gasteiger partial charge >= 0.3 is 0 Å². The number of nitrogens with two attached hydrogens (primary N) is 1. The van der Waals surface area contributed by atoms with Crippen molar-refractivity contribution in [2.75, 3.05) is 21.1 Å². The van der Waals surface area contributed by atoms with Crippen LogP contribution in [-0.4, -0.2) is 42.9 Å². The van der Waals surface area contributed by atoms with Crippen LogP contribution in [0.2, 0.25) is 5.02 Å². The summed E-state index contributed by atoms with van der Waals surface area (Å²) in [5.41, 5.74) is 6.48. The summed E-state index contributed by atoms with van der Waals surface area (Å²) in [6, 6.07) is 8.64. The van der Waals surface area contributed by atoms with E-state index in [9.17, 15) is 4.79 Å². The second-order valence-corrected chi connectivity index (χ2v) is 6.58. The molecule has 0 aliphatic heterocycles. The molecule has 0 unspecified atom stereocenters. The van der Waals surface area contributed by atoms with Crippen molar-refractivity contribution in [2.45, 2.75) is 6.54 Å². The van der Waals surface area contributed by atoms with Gasteiger partial charge in [0.1, 0.15) is 17.2 Å². The third-order valence-electron chi connectivity index (χ3n) is 3.72. The highest BCUT2D eigenvalue weighted by molar-refractivity contribution is 6.35. The van der Waals surface area contributed by atoms with Gasteiger partial charge in [-0.3, -0.25) is 15.1 Å². The van der Waals surface area contributed by atoms with E-state index in [-0.39, 0.29) is 5.96 Å². The topological polar surface area (TPSA) is 109 Å². The Morgan fingerprint density at radius 1 is 1.37 bits per heavy atom. The minimum atomic E-state index is -0.410. The van der Waals surface area contributed by atoms with E-state index < -0.39 is 5.91 Å². The fourth-order valence-electron chi connectivity index (χ4n) is 2.52. The van der Waals surface area contributed by atoms with Gasteiger partial charge in [-0.15, -0.1) is 0 Å². The van der Waals surface area contributed by atoms with Crippen molar-refractivity contribution in [1.82, 2.24) is 15.2 Å². The number of aliphatic imine (C=N–C) groups is 1. The summed E-state index contributed by atoms with van der Waals surface area (Å²) in [6.45, 7) is 0.669. The first-order valence-electron chi connectivity index (χ1n) is 8.13. The summed E-state index contributed by atoms with van der Waals surface area (Å²) < 4.78 is 11.4. The molecule has 1 aromatic carbocycles. The summed E-state index contributed by atoms with van der Waals surface area (Å²) in [5.74, 6) is 1.25. The van der Waals surface area contributed by atoms with Crippen molar-refractivity contribution in [2.24, 2.45) is 10.7 Å². The SMILES string of the molecule is CN=C(N)NC(=O)c1cc2c(Cl)cc(Oc3ccc(CN(C)C)o3)cc2[nH]1. The Morgan fingerprint density at radius 2 is 2.15 bits per heavy atom. The number of aromatic nitrogens is 1. The molecule has 0 saturated carbocycles. The first kappa shape index (κ1) is 18.8. The Labute approximate surface area is 160 Å². The number of carbonyl (C=O) groups excluding carboxylic acids is 1. The van der Waals surface area contributed by atoms with Crippen LogP contribution < -0.4 is 15.8 Å². The normalized spacial score (nSPS) is 12.0. The lowest BCUT2D eigenvalue weighted by molar-refractivity contribution is 0.0972. The molecule has 3 rings (SSSR count). The average Bonchev–Trinajstić information content (AvgIpc) is 3.21. The van der Waals surface area contributed by atoms with Gasteiger partial charge in [-0.05, 0) is 26.2 Å². The number of aromatic amines is 1. The minimum absolute atomic E-state index is 0.0279. The number of halogens is 1. The van der Waals surface area contributed by atoms with E-state index in [4.69, 9.17) is 26.5 Å². The van der Waals surface area contributed by atoms with Crippen LogP contribution in [0.25, 0.3) is 10.9 Å². The number of ether oxygens (including phenoxy) is 1. The van der Waals surface area contributed by atoms with Gasteiger partial charge in [-0.2, -0.15) is 0 Å². The molecular formula is C18H20ClN5O3. The summed E-state index contributed by atoms with van der Waals surface area (Å²) in [7, 11) is 5.39. The fourth-order valence-corrected chi connectivity index (χ4v) is 2.78. The lowest BCUT2D eigenvalue weighted by Crippen LogP contribution is -2.36. The number of fused-ring (bicyclic) bond motifs is 1. The number of rotatable bonds is 5. The van der Waals surface area contributed by atoms with Crippen LogP contribution in [0.3, 0.4) is 0 Å². The predicted octanol–water partition coefficient (Wildman–Crippen LogP) is 2.94. The maximum Gasteiger partial charge on any atom is 0.290 e. The summed E-state index contributed by atoms with van der Waals surface area (Å²) in [6.07, 6.45) is 0. The molecule has 8 nitrogen and oxygen atoms in total. The number of hydrogen-bond donors (Lipinski definition) is 3. The van der Waals surface area contributed by atoms with E-state index in [2.05, 4.69) is 15.3 Å². The van der Waals surface area contributed by atoms with Crippen LogP contribution in [-0.2, 0) is 6.54 Å². The monoisotopic (exact) mass is 389 g/mol. The zero-order chi connectivity index (χ0) is 19.6. The van der Waals surface area contributed by atoms with Crippen LogP contribution in [0.15, 0.2) is 39.7 Å². The number of hydrogen-bond acceptors (Lipinski definition) is 5. The van der Waals surface area contributed by atoms with E-state index in [1.54, 1.807) is 24.3 Å². The molecule has 2 aromatic heterocycles. The van der Waals surface area contributed by atoms with Gasteiger partial charge in [0.15, 0.2) is 5.96 Å². The van der Waals surface area contributed by atoms with Gasteiger partial charge in [0, 0.05) is 30.6 Å². The predicted molar refractivity (Wildman–Crippen MR) is 104 cm³/mol. The molecule has 9 heteroatoms. The first-order valence-corrected chi connectivity index (χ1v) is 8.50. The lowest BCUT2D eigenvalue weighted by atomic mass is 10.2. The number of carbonyl (C=O) groups is 1. The molecule has 0 spiro atoms. The molecule has 1 amide bonds. The molecule has 0 atom stereocenters. The minimum Gasteiger partial charge on any atom is -0.429 e. The molecule has 0 saturated heterocycles. The average molecular weight is 390 g/mol. The number of guanidine groups is 1. The molecule has 27 heavy (non-hydrogen) atoms. The van der Waals surface area contributed by atoms with Crippen LogP contribution in [0.4, 0.5) is 0 Å². The maximum absolute atomic E-state index is 12.2. The van der Waals surface area contributed by atoms with Crippen LogP contribution in [0.5, 0.6) is 11.7 Å². The number of nitrogens with one attached hydrogen (secondary N) is 2. The zero-order valence-corrected chi connectivity index (χ0v) is 15.9. The maximum atomic E-state index is 12.2. The largest absolute Gasteiger partial charge is 0.429 e. The highest BCUT2D eigenvalue weighted by atomic mass is 35.5. The Kier molecular flexibility index (Phi) is 5.38. The van der Waals surface area contributed by atoms with Crippen molar-refractivity contribution in [3.63, 3.8) is 0 Å². The molecule has 2 heterocycles.